The third-order valence-corrected chi connectivity index (χ3v) is 5.65. The van der Waals surface area contributed by atoms with Crippen LogP contribution in [0, 0.1) is 0 Å². The van der Waals surface area contributed by atoms with E-state index >= 15 is 0 Å². The van der Waals surface area contributed by atoms with Gasteiger partial charge in [-0.15, -0.1) is 0 Å². The monoisotopic (exact) mass is 310 g/mol. The molecule has 0 spiro atoms. The summed E-state index contributed by atoms with van der Waals surface area (Å²) >= 11 is 0. The van der Waals surface area contributed by atoms with Gasteiger partial charge in [0.05, 0.1) is 18.1 Å². The summed E-state index contributed by atoms with van der Waals surface area (Å²) in [7, 11) is -1.10. The Morgan fingerprint density at radius 2 is 1.95 bits per heavy atom. The second-order valence-electron chi connectivity index (χ2n) is 5.45. The minimum Gasteiger partial charge on any atom is -0.312 e. The predicted octanol–water partition coefficient (Wildman–Crippen LogP) is 1.16. The lowest BCUT2D eigenvalue weighted by Gasteiger charge is -2.27. The van der Waals surface area contributed by atoms with Crippen molar-refractivity contribution in [3.63, 3.8) is 0 Å². The number of amides is 1. The summed E-state index contributed by atoms with van der Waals surface area (Å²) in [4.78, 5) is 16.0. The third-order valence-electron chi connectivity index (χ3n) is 3.90. The van der Waals surface area contributed by atoms with Crippen LogP contribution in [0.2, 0.25) is 0 Å². The number of likely N-dealkylation sites (N-methyl/N-ethyl adjacent to an activating group) is 2. The van der Waals surface area contributed by atoms with Gasteiger partial charge < -0.3 is 4.90 Å². The van der Waals surface area contributed by atoms with E-state index in [1.165, 1.54) is 0 Å². The molecule has 0 saturated carbocycles. The van der Waals surface area contributed by atoms with E-state index in [1.807, 2.05) is 49.2 Å². The van der Waals surface area contributed by atoms with Crippen molar-refractivity contribution in [1.82, 2.24) is 4.90 Å². The first-order chi connectivity index (χ1) is 9.93. The van der Waals surface area contributed by atoms with Gasteiger partial charge in [-0.1, -0.05) is 18.2 Å². The van der Waals surface area contributed by atoms with Crippen molar-refractivity contribution in [1.29, 1.82) is 0 Å². The second kappa shape index (κ2) is 6.58. The molecule has 1 saturated heterocycles. The molecule has 1 aromatic rings. The Morgan fingerprint density at radius 3 is 2.48 bits per heavy atom. The number of hydrogen-bond acceptors (Lipinski definition) is 4. The van der Waals surface area contributed by atoms with Crippen LogP contribution in [0.25, 0.3) is 0 Å². The largest absolute Gasteiger partial charge is 0.312 e. The van der Waals surface area contributed by atoms with Crippen molar-refractivity contribution in [3.8, 4) is 0 Å². The SMILES string of the molecule is CCN(C(=O)CN(C)C1CCS(=O)(=O)C1)c1ccccc1. The second-order valence-corrected chi connectivity index (χ2v) is 7.67. The van der Waals surface area contributed by atoms with Crippen molar-refractivity contribution in [2.24, 2.45) is 0 Å². The van der Waals surface area contributed by atoms with Crippen molar-refractivity contribution in [2.75, 3.05) is 36.5 Å². The van der Waals surface area contributed by atoms with E-state index < -0.39 is 9.84 Å². The van der Waals surface area contributed by atoms with Gasteiger partial charge in [0, 0.05) is 18.3 Å². The lowest BCUT2D eigenvalue weighted by molar-refractivity contribution is -0.119. The number of hydrogen-bond donors (Lipinski definition) is 0. The Kier molecular flexibility index (Phi) is 5.00. The maximum atomic E-state index is 12.4. The van der Waals surface area contributed by atoms with E-state index in [2.05, 4.69) is 0 Å². The van der Waals surface area contributed by atoms with Crippen LogP contribution in [0.15, 0.2) is 30.3 Å². The molecule has 1 aliphatic rings. The number of sulfone groups is 1. The Bertz CT molecular complexity index is 586. The summed E-state index contributed by atoms with van der Waals surface area (Å²) in [6.45, 7) is 2.77. The van der Waals surface area contributed by atoms with Crippen molar-refractivity contribution >= 4 is 21.4 Å². The zero-order valence-electron chi connectivity index (χ0n) is 12.5. The van der Waals surface area contributed by atoms with Crippen LogP contribution in [-0.2, 0) is 14.6 Å². The molecule has 116 valence electrons. The molecule has 0 aromatic heterocycles. The molecule has 1 amide bonds. The summed E-state index contributed by atoms with van der Waals surface area (Å²) < 4.78 is 23.0. The van der Waals surface area contributed by atoms with E-state index in [-0.39, 0.29) is 30.0 Å². The summed E-state index contributed by atoms with van der Waals surface area (Å²) in [6.07, 6.45) is 0.615. The maximum Gasteiger partial charge on any atom is 0.241 e. The minimum atomic E-state index is -2.92. The van der Waals surface area contributed by atoms with Gasteiger partial charge >= 0.3 is 0 Å². The molecule has 2 rings (SSSR count). The fourth-order valence-corrected chi connectivity index (χ4v) is 4.47. The minimum absolute atomic E-state index is 0.00417. The van der Waals surface area contributed by atoms with Crippen LogP contribution in [0.5, 0.6) is 0 Å². The fourth-order valence-electron chi connectivity index (χ4n) is 2.66. The average molecular weight is 310 g/mol. The van der Waals surface area contributed by atoms with E-state index in [9.17, 15) is 13.2 Å². The number of para-hydroxylation sites is 1. The molecule has 6 heteroatoms. The number of anilines is 1. The summed E-state index contributed by atoms with van der Waals surface area (Å²) in [5.74, 6) is 0.385. The van der Waals surface area contributed by atoms with Gasteiger partial charge in [-0.25, -0.2) is 8.42 Å². The van der Waals surface area contributed by atoms with Crippen molar-refractivity contribution in [3.05, 3.63) is 30.3 Å². The number of rotatable bonds is 5. The number of carbonyl (C=O) groups excluding carboxylic acids is 1. The van der Waals surface area contributed by atoms with Gasteiger partial charge in [-0.2, -0.15) is 0 Å². The zero-order valence-corrected chi connectivity index (χ0v) is 13.3. The molecule has 1 atom stereocenters. The van der Waals surface area contributed by atoms with Crippen LogP contribution in [0.4, 0.5) is 5.69 Å². The summed E-state index contributed by atoms with van der Waals surface area (Å²) in [6, 6.07) is 9.48. The first kappa shape index (κ1) is 16.0. The molecule has 21 heavy (non-hydrogen) atoms. The molecule has 1 unspecified atom stereocenters. The van der Waals surface area contributed by atoms with Crippen LogP contribution in [-0.4, -0.2) is 56.9 Å². The molecule has 1 heterocycles. The Hall–Kier alpha value is -1.40. The molecule has 0 N–H and O–H groups in total. The highest BCUT2D eigenvalue weighted by Gasteiger charge is 2.31. The van der Waals surface area contributed by atoms with Crippen molar-refractivity contribution < 1.29 is 13.2 Å². The van der Waals surface area contributed by atoms with Gasteiger partial charge in [-0.05, 0) is 32.5 Å². The average Bonchev–Trinajstić information content (AvgIpc) is 2.81. The predicted molar refractivity (Wildman–Crippen MR) is 84.2 cm³/mol. The molecule has 0 radical (unpaired) electrons. The van der Waals surface area contributed by atoms with E-state index in [0.29, 0.717) is 13.0 Å². The molecular weight excluding hydrogens is 288 g/mol. The molecule has 1 aliphatic heterocycles. The Morgan fingerprint density at radius 1 is 1.29 bits per heavy atom. The Balaban J connectivity index is 2.00. The summed E-state index contributed by atoms with van der Waals surface area (Å²) in [5, 5.41) is 0. The maximum absolute atomic E-state index is 12.4. The van der Waals surface area contributed by atoms with E-state index in [1.54, 1.807) is 4.90 Å². The van der Waals surface area contributed by atoms with Crippen LogP contribution >= 0.6 is 0 Å². The summed E-state index contributed by atoms with van der Waals surface area (Å²) in [5.41, 5.74) is 0.873. The molecule has 0 aliphatic carbocycles. The molecular formula is C15H22N2O3S. The quantitative estimate of drug-likeness (QED) is 0.819. The zero-order chi connectivity index (χ0) is 15.5. The van der Waals surface area contributed by atoms with Crippen molar-refractivity contribution in [2.45, 2.75) is 19.4 Å². The highest BCUT2D eigenvalue weighted by atomic mass is 32.2. The smallest absolute Gasteiger partial charge is 0.241 e. The number of nitrogens with zero attached hydrogens (tertiary/aromatic N) is 2. The molecule has 1 fully saturated rings. The van der Waals surface area contributed by atoms with Gasteiger partial charge in [0.2, 0.25) is 5.91 Å². The highest BCUT2D eigenvalue weighted by Crippen LogP contribution is 2.18. The molecule has 1 aromatic carbocycles. The first-order valence-corrected chi connectivity index (χ1v) is 9.01. The van der Waals surface area contributed by atoms with E-state index in [0.717, 1.165) is 5.69 Å². The third kappa shape index (κ3) is 4.04. The van der Waals surface area contributed by atoms with Gasteiger partial charge in [0.15, 0.2) is 9.84 Å². The fraction of sp³-hybridized carbons (Fsp3) is 0.533. The highest BCUT2D eigenvalue weighted by molar-refractivity contribution is 7.91. The van der Waals surface area contributed by atoms with Gasteiger partial charge in [-0.3, -0.25) is 9.69 Å². The topological polar surface area (TPSA) is 57.7 Å². The number of carbonyl (C=O) groups is 1. The standard InChI is InChI=1S/C15H22N2O3S/c1-3-17(13-7-5-4-6-8-13)15(18)11-16(2)14-9-10-21(19,20)12-14/h4-8,14H,3,9-12H2,1-2H3. The lowest BCUT2D eigenvalue weighted by atomic mass is 10.2. The van der Waals surface area contributed by atoms with Gasteiger partial charge in [0.1, 0.15) is 0 Å². The number of benzene rings is 1. The van der Waals surface area contributed by atoms with Gasteiger partial charge in [0.25, 0.3) is 0 Å². The molecule has 0 bridgehead atoms. The molecule has 5 nitrogen and oxygen atoms in total. The normalized spacial score (nSPS) is 20.6. The lowest BCUT2D eigenvalue weighted by Crippen LogP contribution is -2.43. The van der Waals surface area contributed by atoms with E-state index in [4.69, 9.17) is 0 Å². The van der Waals surface area contributed by atoms with Crippen LogP contribution in [0.3, 0.4) is 0 Å². The van der Waals surface area contributed by atoms with Crippen LogP contribution < -0.4 is 4.90 Å². The van der Waals surface area contributed by atoms with Crippen LogP contribution in [0.1, 0.15) is 13.3 Å². The Labute approximate surface area is 126 Å². The first-order valence-electron chi connectivity index (χ1n) is 7.19.